The van der Waals surface area contributed by atoms with Crippen molar-refractivity contribution in [2.75, 3.05) is 13.1 Å². The average Bonchev–Trinajstić information content (AvgIpc) is 2.52. The molecule has 0 unspecified atom stereocenters. The van der Waals surface area contributed by atoms with Gasteiger partial charge in [0.2, 0.25) is 5.91 Å². The van der Waals surface area contributed by atoms with Crippen LogP contribution in [0, 0.1) is 11.3 Å². The van der Waals surface area contributed by atoms with E-state index in [1.807, 2.05) is 0 Å². The number of hydrogen-bond donors (Lipinski definition) is 0. The number of nitrogens with zero attached hydrogens (tertiary/aromatic N) is 4. The van der Waals surface area contributed by atoms with Gasteiger partial charge in [0.25, 0.3) is 5.56 Å². The number of carbonyl (C=O) groups excluding carboxylic acids is 1. The van der Waals surface area contributed by atoms with Gasteiger partial charge in [0, 0.05) is 25.8 Å². The van der Waals surface area contributed by atoms with Crippen molar-refractivity contribution in [3.63, 3.8) is 0 Å². The van der Waals surface area contributed by atoms with Crippen LogP contribution in [0.2, 0.25) is 0 Å². The maximum atomic E-state index is 12.2. The predicted octanol–water partition coefficient (Wildman–Crippen LogP) is -0.0859. The molecular weight excluding hydrogens is 272 g/mol. The van der Waals surface area contributed by atoms with Gasteiger partial charge in [0.05, 0.1) is 0 Å². The van der Waals surface area contributed by atoms with Crippen LogP contribution in [0.5, 0.6) is 0 Å². The Kier molecular flexibility index (Phi) is 4.58. The van der Waals surface area contributed by atoms with E-state index in [9.17, 15) is 14.4 Å². The minimum Gasteiger partial charge on any atom is -0.341 e. The zero-order valence-electron chi connectivity index (χ0n) is 12.0. The summed E-state index contributed by atoms with van der Waals surface area (Å²) < 4.78 is 2.13. The predicted molar refractivity (Wildman–Crippen MR) is 75.8 cm³/mol. The Morgan fingerprint density at radius 1 is 1.29 bits per heavy atom. The quantitative estimate of drug-likeness (QED) is 0.778. The van der Waals surface area contributed by atoms with Crippen molar-refractivity contribution in [2.45, 2.75) is 39.3 Å². The summed E-state index contributed by atoms with van der Waals surface area (Å²) in [6.45, 7) is 3.10. The first kappa shape index (κ1) is 15.0. The number of carbonyl (C=O) groups is 1. The molecule has 0 saturated carbocycles. The van der Waals surface area contributed by atoms with E-state index in [1.165, 1.54) is 10.8 Å². The molecule has 1 fully saturated rings. The SMILES string of the molecule is CCn1cc(C#N)c(=O)n(CC(=O)N2CCCCC2)c1=O. The molecule has 0 atom stereocenters. The topological polar surface area (TPSA) is 88.1 Å². The summed E-state index contributed by atoms with van der Waals surface area (Å²) in [6, 6.07) is 1.77. The molecule has 1 aliphatic rings. The second-order valence-corrected chi connectivity index (χ2v) is 5.06. The molecule has 2 heterocycles. The summed E-state index contributed by atoms with van der Waals surface area (Å²) in [5.41, 5.74) is -1.37. The van der Waals surface area contributed by atoms with E-state index < -0.39 is 11.2 Å². The zero-order valence-corrected chi connectivity index (χ0v) is 12.0. The van der Waals surface area contributed by atoms with Crippen LogP contribution in [0.3, 0.4) is 0 Å². The third kappa shape index (κ3) is 3.05. The second kappa shape index (κ2) is 6.39. The minimum atomic E-state index is -0.697. The largest absolute Gasteiger partial charge is 0.341 e. The fourth-order valence-corrected chi connectivity index (χ4v) is 2.47. The summed E-state index contributed by atoms with van der Waals surface area (Å²) in [5.74, 6) is -0.244. The molecule has 21 heavy (non-hydrogen) atoms. The fourth-order valence-electron chi connectivity index (χ4n) is 2.47. The molecule has 7 heteroatoms. The minimum absolute atomic E-state index is 0.122. The maximum absolute atomic E-state index is 12.2. The number of rotatable bonds is 3. The number of likely N-dealkylation sites (tertiary alicyclic amines) is 1. The van der Waals surface area contributed by atoms with Crippen molar-refractivity contribution in [3.8, 4) is 6.07 Å². The Hall–Kier alpha value is -2.36. The van der Waals surface area contributed by atoms with Crippen molar-refractivity contribution in [3.05, 3.63) is 32.6 Å². The van der Waals surface area contributed by atoms with E-state index in [0.29, 0.717) is 19.6 Å². The first-order valence-electron chi connectivity index (χ1n) is 7.10. The lowest BCUT2D eigenvalue weighted by Gasteiger charge is -2.26. The molecule has 112 valence electrons. The third-order valence-electron chi connectivity index (χ3n) is 3.70. The van der Waals surface area contributed by atoms with Gasteiger partial charge in [-0.1, -0.05) is 0 Å². The van der Waals surface area contributed by atoms with Crippen LogP contribution in [0.1, 0.15) is 31.7 Å². The lowest BCUT2D eigenvalue weighted by molar-refractivity contribution is -0.132. The van der Waals surface area contributed by atoms with Crippen LogP contribution in [-0.2, 0) is 17.9 Å². The Bertz CT molecular complexity index is 690. The third-order valence-corrected chi connectivity index (χ3v) is 3.70. The molecule has 0 aromatic carbocycles. The monoisotopic (exact) mass is 290 g/mol. The van der Waals surface area contributed by atoms with Crippen LogP contribution < -0.4 is 11.2 Å². The molecule has 1 saturated heterocycles. The Balaban J connectivity index is 2.35. The van der Waals surface area contributed by atoms with E-state index in [0.717, 1.165) is 23.8 Å². The number of hydrogen-bond acceptors (Lipinski definition) is 4. The van der Waals surface area contributed by atoms with Crippen molar-refractivity contribution >= 4 is 5.91 Å². The Morgan fingerprint density at radius 3 is 2.52 bits per heavy atom. The normalized spacial score (nSPS) is 14.8. The summed E-state index contributed by atoms with van der Waals surface area (Å²) in [4.78, 5) is 38.1. The number of aromatic nitrogens is 2. The molecule has 0 aliphatic carbocycles. The summed E-state index contributed by atoms with van der Waals surface area (Å²) in [6.07, 6.45) is 4.22. The van der Waals surface area contributed by atoms with Crippen LogP contribution in [-0.4, -0.2) is 33.0 Å². The first-order valence-corrected chi connectivity index (χ1v) is 7.10. The highest BCUT2D eigenvalue weighted by atomic mass is 16.2. The molecule has 0 bridgehead atoms. The second-order valence-electron chi connectivity index (χ2n) is 5.06. The molecule has 0 spiro atoms. The smallest absolute Gasteiger partial charge is 0.331 e. The van der Waals surface area contributed by atoms with E-state index in [-0.39, 0.29) is 18.0 Å². The van der Waals surface area contributed by atoms with Gasteiger partial charge in [-0.3, -0.25) is 14.2 Å². The summed E-state index contributed by atoms with van der Waals surface area (Å²) >= 11 is 0. The van der Waals surface area contributed by atoms with Crippen molar-refractivity contribution < 1.29 is 4.79 Å². The van der Waals surface area contributed by atoms with Gasteiger partial charge < -0.3 is 4.90 Å². The first-order chi connectivity index (χ1) is 10.1. The van der Waals surface area contributed by atoms with E-state index in [2.05, 4.69) is 0 Å². The molecule has 7 nitrogen and oxygen atoms in total. The maximum Gasteiger partial charge on any atom is 0.331 e. The van der Waals surface area contributed by atoms with E-state index in [1.54, 1.807) is 17.9 Å². The lowest BCUT2D eigenvalue weighted by Crippen LogP contribution is -2.46. The number of nitriles is 1. The van der Waals surface area contributed by atoms with Crippen molar-refractivity contribution in [1.29, 1.82) is 5.26 Å². The van der Waals surface area contributed by atoms with Gasteiger partial charge in [0.15, 0.2) is 0 Å². The molecule has 2 rings (SSSR count). The van der Waals surface area contributed by atoms with Gasteiger partial charge in [-0.15, -0.1) is 0 Å². The van der Waals surface area contributed by atoms with Gasteiger partial charge in [-0.2, -0.15) is 5.26 Å². The highest BCUT2D eigenvalue weighted by Crippen LogP contribution is 2.08. The molecule has 0 N–H and O–H groups in total. The number of aryl methyl sites for hydroxylation is 1. The van der Waals surface area contributed by atoms with Crippen LogP contribution in [0.15, 0.2) is 15.8 Å². The molecular formula is C14H18N4O3. The lowest BCUT2D eigenvalue weighted by atomic mass is 10.1. The summed E-state index contributed by atoms with van der Waals surface area (Å²) in [7, 11) is 0. The number of piperidine rings is 1. The standard InChI is InChI=1S/C14H18N4O3/c1-2-16-9-11(8-15)13(20)18(14(16)21)10-12(19)17-6-4-3-5-7-17/h9H,2-7,10H2,1H3. The van der Waals surface area contributed by atoms with Crippen LogP contribution >= 0.6 is 0 Å². The van der Waals surface area contributed by atoms with Gasteiger partial charge in [-0.05, 0) is 26.2 Å². The van der Waals surface area contributed by atoms with Gasteiger partial charge in [0.1, 0.15) is 18.2 Å². The highest BCUT2D eigenvalue weighted by molar-refractivity contribution is 5.76. The van der Waals surface area contributed by atoms with Gasteiger partial charge >= 0.3 is 5.69 Å². The molecule has 1 aromatic rings. The average molecular weight is 290 g/mol. The molecule has 1 aromatic heterocycles. The van der Waals surface area contributed by atoms with E-state index >= 15 is 0 Å². The van der Waals surface area contributed by atoms with E-state index in [4.69, 9.17) is 5.26 Å². The van der Waals surface area contributed by atoms with Crippen LogP contribution in [0.25, 0.3) is 0 Å². The summed E-state index contributed by atoms with van der Waals surface area (Å²) in [5, 5.41) is 8.96. The Morgan fingerprint density at radius 2 is 1.95 bits per heavy atom. The zero-order chi connectivity index (χ0) is 15.4. The fraction of sp³-hybridized carbons (Fsp3) is 0.571. The van der Waals surface area contributed by atoms with Crippen molar-refractivity contribution in [2.24, 2.45) is 0 Å². The molecule has 1 amide bonds. The highest BCUT2D eigenvalue weighted by Gasteiger charge is 2.19. The van der Waals surface area contributed by atoms with Gasteiger partial charge in [-0.25, -0.2) is 9.36 Å². The molecule has 0 radical (unpaired) electrons. The Labute approximate surface area is 122 Å². The van der Waals surface area contributed by atoms with Crippen LogP contribution in [0.4, 0.5) is 0 Å². The number of amides is 1. The molecule has 1 aliphatic heterocycles. The van der Waals surface area contributed by atoms with Crippen molar-refractivity contribution in [1.82, 2.24) is 14.0 Å².